The monoisotopic (exact) mass is 470 g/mol. The number of ether oxygens (including phenoxy) is 1. The van der Waals surface area contributed by atoms with Gasteiger partial charge in [-0.1, -0.05) is 13.8 Å². The molecule has 1 aliphatic rings. The van der Waals surface area contributed by atoms with Crippen LogP contribution in [-0.4, -0.2) is 83.4 Å². The number of hydrogen-bond donors (Lipinski definition) is 4. The fourth-order valence-corrected chi connectivity index (χ4v) is 3.41. The average Bonchev–Trinajstić information content (AvgIpc) is 3.24. The maximum atomic E-state index is 12.9. The average molecular weight is 471 g/mol. The van der Waals surface area contributed by atoms with Crippen LogP contribution in [0.2, 0.25) is 0 Å². The van der Waals surface area contributed by atoms with Crippen LogP contribution < -0.4 is 16.0 Å². The van der Waals surface area contributed by atoms with Gasteiger partial charge in [0.2, 0.25) is 23.6 Å². The third-order valence-corrected chi connectivity index (χ3v) is 5.35. The first-order valence-corrected chi connectivity index (χ1v) is 10.9. The van der Waals surface area contributed by atoms with E-state index in [0.717, 1.165) is 0 Å². The van der Waals surface area contributed by atoms with Crippen molar-refractivity contribution in [2.45, 2.75) is 77.5 Å². The smallest absolute Gasteiger partial charge is 0.326 e. The van der Waals surface area contributed by atoms with E-state index in [2.05, 4.69) is 20.7 Å². The standard InChI is InChI=1S/C21H34N4O8/c1-11(2)17(21(31)32)24-19(29)14-7-6-10-25(14)20(30)13(4)23-18(28)12(3)22-15(26)8-9-16(27)33-5/h11-14,17H,6-10H2,1-5H3,(H,22,26)(H,23,28)(H,24,29)(H,31,32). The molecule has 0 spiro atoms. The van der Waals surface area contributed by atoms with Crippen LogP contribution in [0, 0.1) is 5.92 Å². The number of nitrogens with one attached hydrogen (secondary N) is 3. The number of hydrogen-bond acceptors (Lipinski definition) is 7. The highest BCUT2D eigenvalue weighted by atomic mass is 16.5. The summed E-state index contributed by atoms with van der Waals surface area (Å²) in [7, 11) is 1.21. The van der Waals surface area contributed by atoms with Crippen LogP contribution >= 0.6 is 0 Å². The van der Waals surface area contributed by atoms with Gasteiger partial charge in [-0.15, -0.1) is 0 Å². The van der Waals surface area contributed by atoms with Crippen molar-refractivity contribution in [3.8, 4) is 0 Å². The fourth-order valence-electron chi connectivity index (χ4n) is 3.41. The summed E-state index contributed by atoms with van der Waals surface area (Å²) in [4.78, 5) is 73.6. The van der Waals surface area contributed by atoms with Crippen LogP contribution in [0.1, 0.15) is 53.4 Å². The Labute approximate surface area is 192 Å². The number of esters is 1. The zero-order valence-corrected chi connectivity index (χ0v) is 19.7. The van der Waals surface area contributed by atoms with Gasteiger partial charge in [-0.3, -0.25) is 24.0 Å². The number of aliphatic carboxylic acids is 1. The summed E-state index contributed by atoms with van der Waals surface area (Å²) >= 11 is 0. The molecule has 4 N–H and O–H groups in total. The van der Waals surface area contributed by atoms with E-state index in [-0.39, 0.29) is 18.8 Å². The minimum atomic E-state index is -1.16. The molecule has 4 atom stereocenters. The van der Waals surface area contributed by atoms with E-state index in [4.69, 9.17) is 0 Å². The van der Waals surface area contributed by atoms with Gasteiger partial charge in [-0.25, -0.2) is 4.79 Å². The van der Waals surface area contributed by atoms with Gasteiger partial charge in [0, 0.05) is 13.0 Å². The molecule has 0 aliphatic carbocycles. The molecule has 33 heavy (non-hydrogen) atoms. The van der Waals surface area contributed by atoms with Crippen molar-refractivity contribution in [1.29, 1.82) is 0 Å². The normalized spacial score (nSPS) is 18.1. The highest BCUT2D eigenvalue weighted by molar-refractivity contribution is 5.95. The molecule has 1 heterocycles. The van der Waals surface area contributed by atoms with Crippen LogP contribution in [0.4, 0.5) is 0 Å². The number of carboxylic acid groups (broad SMARTS) is 1. The second kappa shape index (κ2) is 12.8. The Kier molecular flexibility index (Phi) is 10.8. The largest absolute Gasteiger partial charge is 0.480 e. The van der Waals surface area contributed by atoms with Gasteiger partial charge >= 0.3 is 11.9 Å². The van der Waals surface area contributed by atoms with E-state index < -0.39 is 59.7 Å². The molecule has 0 radical (unpaired) electrons. The lowest BCUT2D eigenvalue weighted by Gasteiger charge is -2.29. The third kappa shape index (κ3) is 8.35. The lowest BCUT2D eigenvalue weighted by atomic mass is 10.0. The number of likely N-dealkylation sites (tertiary alicyclic amines) is 1. The van der Waals surface area contributed by atoms with Crippen LogP contribution in [0.15, 0.2) is 0 Å². The first-order valence-electron chi connectivity index (χ1n) is 10.9. The number of amides is 4. The van der Waals surface area contributed by atoms with Gasteiger partial charge in [0.1, 0.15) is 24.2 Å². The van der Waals surface area contributed by atoms with Gasteiger partial charge < -0.3 is 30.7 Å². The summed E-state index contributed by atoms with van der Waals surface area (Å²) in [5.74, 6) is -4.19. The summed E-state index contributed by atoms with van der Waals surface area (Å²) in [6, 6.07) is -3.82. The molecule has 1 saturated heterocycles. The summed E-state index contributed by atoms with van der Waals surface area (Å²) in [6.45, 7) is 6.55. The van der Waals surface area contributed by atoms with Gasteiger partial charge in [0.25, 0.3) is 0 Å². The third-order valence-electron chi connectivity index (χ3n) is 5.35. The minimum absolute atomic E-state index is 0.122. The van der Waals surface area contributed by atoms with E-state index >= 15 is 0 Å². The highest BCUT2D eigenvalue weighted by Crippen LogP contribution is 2.19. The molecule has 12 heteroatoms. The Morgan fingerprint density at radius 1 is 0.970 bits per heavy atom. The molecule has 0 aromatic heterocycles. The van der Waals surface area contributed by atoms with Crippen molar-refractivity contribution in [3.63, 3.8) is 0 Å². The Balaban J connectivity index is 2.66. The number of rotatable bonds is 11. The van der Waals surface area contributed by atoms with E-state index in [1.807, 2.05) is 0 Å². The van der Waals surface area contributed by atoms with Gasteiger partial charge in [-0.2, -0.15) is 0 Å². The minimum Gasteiger partial charge on any atom is -0.480 e. The number of carbonyl (C=O) groups excluding carboxylic acids is 5. The predicted octanol–water partition coefficient (Wildman–Crippen LogP) is -0.835. The van der Waals surface area contributed by atoms with Gasteiger partial charge in [0.15, 0.2) is 0 Å². The topological polar surface area (TPSA) is 171 Å². The van der Waals surface area contributed by atoms with Crippen molar-refractivity contribution in [2.24, 2.45) is 5.92 Å². The van der Waals surface area contributed by atoms with E-state index in [1.54, 1.807) is 13.8 Å². The number of methoxy groups -OCH3 is 1. The number of nitrogens with zero attached hydrogens (tertiary/aromatic N) is 1. The Bertz CT molecular complexity index is 769. The van der Waals surface area contributed by atoms with Gasteiger partial charge in [-0.05, 0) is 32.6 Å². The summed E-state index contributed by atoms with van der Waals surface area (Å²) in [5, 5.41) is 16.7. The Morgan fingerprint density at radius 3 is 2.15 bits per heavy atom. The van der Waals surface area contributed by atoms with Crippen molar-refractivity contribution < 1.29 is 38.6 Å². The van der Waals surface area contributed by atoms with Crippen molar-refractivity contribution in [2.75, 3.05) is 13.7 Å². The van der Waals surface area contributed by atoms with Crippen molar-refractivity contribution in [3.05, 3.63) is 0 Å². The van der Waals surface area contributed by atoms with E-state index in [9.17, 15) is 33.9 Å². The van der Waals surface area contributed by atoms with Crippen LogP contribution in [-0.2, 0) is 33.5 Å². The summed E-state index contributed by atoms with van der Waals surface area (Å²) in [6.07, 6.45) is 0.687. The SMILES string of the molecule is COC(=O)CCC(=O)NC(C)C(=O)NC(C)C(=O)N1CCCC1C(=O)NC(C(=O)O)C(C)C. The van der Waals surface area contributed by atoms with Crippen molar-refractivity contribution >= 4 is 35.6 Å². The molecule has 1 aliphatic heterocycles. The van der Waals surface area contributed by atoms with Crippen LogP contribution in [0.5, 0.6) is 0 Å². The first kappa shape index (κ1) is 27.9. The fraction of sp³-hybridized carbons (Fsp3) is 0.714. The van der Waals surface area contributed by atoms with E-state index in [0.29, 0.717) is 19.4 Å². The number of carbonyl (C=O) groups is 6. The number of carboxylic acids is 1. The maximum absolute atomic E-state index is 12.9. The molecular formula is C21H34N4O8. The second-order valence-corrected chi connectivity index (χ2v) is 8.35. The summed E-state index contributed by atoms with van der Waals surface area (Å²) < 4.78 is 4.45. The first-order chi connectivity index (χ1) is 15.4. The second-order valence-electron chi connectivity index (χ2n) is 8.35. The molecular weight excluding hydrogens is 436 g/mol. The summed E-state index contributed by atoms with van der Waals surface area (Å²) in [5.41, 5.74) is 0. The van der Waals surface area contributed by atoms with Crippen molar-refractivity contribution in [1.82, 2.24) is 20.9 Å². The Morgan fingerprint density at radius 2 is 1.61 bits per heavy atom. The molecule has 186 valence electrons. The quantitative estimate of drug-likeness (QED) is 0.283. The molecule has 1 rings (SSSR count). The Hall–Kier alpha value is -3.18. The zero-order valence-electron chi connectivity index (χ0n) is 19.7. The zero-order chi connectivity index (χ0) is 25.3. The molecule has 0 bridgehead atoms. The van der Waals surface area contributed by atoms with Gasteiger partial charge in [0.05, 0.1) is 13.5 Å². The molecule has 0 saturated carbocycles. The molecule has 4 unspecified atom stereocenters. The van der Waals surface area contributed by atoms with E-state index in [1.165, 1.54) is 25.9 Å². The molecule has 0 aromatic carbocycles. The predicted molar refractivity (Wildman–Crippen MR) is 116 cm³/mol. The lowest BCUT2D eigenvalue weighted by molar-refractivity contribution is -0.145. The molecule has 12 nitrogen and oxygen atoms in total. The molecule has 0 aromatic rings. The maximum Gasteiger partial charge on any atom is 0.326 e. The highest BCUT2D eigenvalue weighted by Gasteiger charge is 2.38. The van der Waals surface area contributed by atoms with Crippen LogP contribution in [0.3, 0.4) is 0 Å². The van der Waals surface area contributed by atoms with Crippen LogP contribution in [0.25, 0.3) is 0 Å². The molecule has 1 fully saturated rings. The molecule has 4 amide bonds. The lowest BCUT2D eigenvalue weighted by Crippen LogP contribution is -2.56.